The number of aromatic nitrogens is 2. The molecule has 1 fully saturated rings. The third kappa shape index (κ3) is 5.27. The molecule has 0 aliphatic carbocycles. The fraction of sp³-hybridized carbons (Fsp3) is 0.292. The molecule has 156 valence electrons. The number of rotatable bonds is 6. The van der Waals surface area contributed by atoms with Crippen LogP contribution in [0.25, 0.3) is 11.3 Å². The van der Waals surface area contributed by atoms with Crippen LogP contribution < -0.4 is 0 Å². The topological polar surface area (TPSA) is 66.3 Å². The monoisotopic (exact) mass is 407 g/mol. The van der Waals surface area contributed by atoms with Crippen LogP contribution in [0.3, 0.4) is 0 Å². The largest absolute Gasteiger partial charge is 0.389 e. The molecule has 0 spiro atoms. The van der Waals surface area contributed by atoms with E-state index in [4.69, 9.17) is 0 Å². The zero-order chi connectivity index (χ0) is 21.6. The van der Waals surface area contributed by atoms with Crippen LogP contribution in [-0.2, 0) is 0 Å². The lowest BCUT2D eigenvalue weighted by atomic mass is 9.85. The van der Waals surface area contributed by atoms with Gasteiger partial charge in [0.05, 0.1) is 16.9 Å². The van der Waals surface area contributed by atoms with E-state index in [9.17, 15) is 14.3 Å². The average Bonchev–Trinajstić information content (AvgIpc) is 2.74. The molecule has 1 saturated heterocycles. The first-order valence-corrected chi connectivity index (χ1v) is 9.94. The number of allylic oxidation sites excluding steroid dienone is 4. The summed E-state index contributed by atoms with van der Waals surface area (Å²) in [5, 5.41) is 10.9. The highest BCUT2D eigenvalue weighted by Gasteiger charge is 2.34. The standard InChI is InChI=1S/C24H26FN3O2/c1-3-4-5-6-18(2)16-24(30)10-13-28(14-11-24)23(29)21-15-19(25)7-8-20(21)22-9-12-26-17-27-22/h3-9,12,15,17,30H,1,10-11,13-14,16H2,2H3/b5-4-,18-6+. The van der Waals surface area contributed by atoms with Crippen LogP contribution in [0.5, 0.6) is 0 Å². The summed E-state index contributed by atoms with van der Waals surface area (Å²) in [6.45, 7) is 6.43. The van der Waals surface area contributed by atoms with Gasteiger partial charge in [0.25, 0.3) is 5.91 Å². The Morgan fingerprint density at radius 3 is 2.73 bits per heavy atom. The Hall–Kier alpha value is -3.12. The molecule has 1 amide bonds. The molecule has 0 saturated carbocycles. The number of hydrogen-bond acceptors (Lipinski definition) is 4. The summed E-state index contributed by atoms with van der Waals surface area (Å²) in [5.41, 5.74) is 1.61. The molecular weight excluding hydrogens is 381 g/mol. The molecule has 1 N–H and O–H groups in total. The number of likely N-dealkylation sites (tertiary alicyclic amines) is 1. The van der Waals surface area contributed by atoms with Crippen LogP contribution in [0, 0.1) is 5.82 Å². The Bertz CT molecular complexity index is 962. The van der Waals surface area contributed by atoms with Crippen molar-refractivity contribution in [1.29, 1.82) is 0 Å². The normalized spacial score (nSPS) is 16.6. The molecule has 0 radical (unpaired) electrons. The molecule has 0 unspecified atom stereocenters. The SMILES string of the molecule is C=C/C=C\C=C(/C)CC1(O)CCN(C(=O)c2cc(F)ccc2-c2ccncn2)CC1. The molecule has 1 aromatic heterocycles. The van der Waals surface area contributed by atoms with Gasteiger partial charge >= 0.3 is 0 Å². The Morgan fingerprint density at radius 2 is 2.07 bits per heavy atom. The van der Waals surface area contributed by atoms with E-state index in [-0.39, 0.29) is 11.5 Å². The predicted molar refractivity (Wildman–Crippen MR) is 115 cm³/mol. The van der Waals surface area contributed by atoms with Gasteiger partial charge in [-0.05, 0) is 50.5 Å². The van der Waals surface area contributed by atoms with Crippen LogP contribution in [0.1, 0.15) is 36.5 Å². The smallest absolute Gasteiger partial charge is 0.254 e. The third-order valence-electron chi connectivity index (χ3n) is 5.29. The summed E-state index contributed by atoms with van der Waals surface area (Å²) in [6.07, 6.45) is 11.8. The number of halogens is 1. The van der Waals surface area contributed by atoms with Gasteiger partial charge in [-0.2, -0.15) is 0 Å². The third-order valence-corrected chi connectivity index (χ3v) is 5.29. The van der Waals surface area contributed by atoms with Crippen molar-refractivity contribution in [3.8, 4) is 11.3 Å². The van der Waals surface area contributed by atoms with E-state index in [1.165, 1.54) is 18.5 Å². The first-order valence-electron chi connectivity index (χ1n) is 9.94. The zero-order valence-corrected chi connectivity index (χ0v) is 17.1. The maximum atomic E-state index is 13.9. The molecule has 0 atom stereocenters. The number of benzene rings is 1. The van der Waals surface area contributed by atoms with Crippen LogP contribution in [0.4, 0.5) is 4.39 Å². The van der Waals surface area contributed by atoms with Gasteiger partial charge in [0.2, 0.25) is 0 Å². The second-order valence-electron chi connectivity index (χ2n) is 7.61. The molecule has 2 aromatic rings. The molecule has 6 heteroatoms. The number of carbonyl (C=O) groups excluding carboxylic acids is 1. The minimum absolute atomic E-state index is 0.258. The highest BCUT2D eigenvalue weighted by molar-refractivity contribution is 6.00. The second kappa shape index (κ2) is 9.59. The Balaban J connectivity index is 1.73. The van der Waals surface area contributed by atoms with Crippen LogP contribution in [0.15, 0.2) is 73.2 Å². The van der Waals surface area contributed by atoms with E-state index >= 15 is 0 Å². The summed E-state index contributed by atoms with van der Waals surface area (Å²) in [6, 6.07) is 5.82. The molecule has 1 aliphatic rings. The van der Waals surface area contributed by atoms with Crippen molar-refractivity contribution < 1.29 is 14.3 Å². The molecule has 1 aromatic carbocycles. The van der Waals surface area contributed by atoms with Crippen molar-refractivity contribution in [2.45, 2.75) is 31.8 Å². The van der Waals surface area contributed by atoms with Crippen molar-refractivity contribution >= 4 is 5.91 Å². The fourth-order valence-corrected chi connectivity index (χ4v) is 3.72. The molecule has 1 aliphatic heterocycles. The van der Waals surface area contributed by atoms with Crippen LogP contribution in [0.2, 0.25) is 0 Å². The van der Waals surface area contributed by atoms with E-state index in [0.717, 1.165) is 5.57 Å². The van der Waals surface area contributed by atoms with Crippen molar-refractivity contribution in [3.05, 3.63) is 84.6 Å². The fourth-order valence-electron chi connectivity index (χ4n) is 3.72. The van der Waals surface area contributed by atoms with Crippen molar-refractivity contribution in [1.82, 2.24) is 14.9 Å². The lowest BCUT2D eigenvalue weighted by Crippen LogP contribution is -2.46. The number of carbonyl (C=O) groups is 1. The first-order chi connectivity index (χ1) is 14.4. The van der Waals surface area contributed by atoms with Crippen LogP contribution in [-0.4, -0.2) is 44.6 Å². The predicted octanol–water partition coefficient (Wildman–Crippen LogP) is 4.33. The highest BCUT2D eigenvalue weighted by Crippen LogP contribution is 2.31. The lowest BCUT2D eigenvalue weighted by Gasteiger charge is -2.38. The second-order valence-corrected chi connectivity index (χ2v) is 7.61. The Morgan fingerprint density at radius 1 is 1.30 bits per heavy atom. The summed E-state index contributed by atoms with van der Waals surface area (Å²) >= 11 is 0. The summed E-state index contributed by atoms with van der Waals surface area (Å²) in [5.74, 6) is -0.732. The van der Waals surface area contributed by atoms with Gasteiger partial charge in [0.15, 0.2) is 0 Å². The maximum absolute atomic E-state index is 13.9. The van der Waals surface area contributed by atoms with E-state index in [1.54, 1.807) is 29.3 Å². The molecule has 30 heavy (non-hydrogen) atoms. The van der Waals surface area contributed by atoms with Crippen molar-refractivity contribution in [3.63, 3.8) is 0 Å². The maximum Gasteiger partial charge on any atom is 0.254 e. The lowest BCUT2D eigenvalue weighted by molar-refractivity contribution is -0.0161. The van der Waals surface area contributed by atoms with Gasteiger partial charge in [0.1, 0.15) is 12.1 Å². The van der Waals surface area contributed by atoms with Gasteiger partial charge in [-0.1, -0.05) is 36.5 Å². The molecule has 5 nitrogen and oxygen atoms in total. The summed E-state index contributed by atoms with van der Waals surface area (Å²) in [4.78, 5) is 22.9. The van der Waals surface area contributed by atoms with Gasteiger partial charge < -0.3 is 10.0 Å². The molecule has 3 rings (SSSR count). The Labute approximate surface area is 176 Å². The van der Waals surface area contributed by atoms with E-state index in [0.29, 0.717) is 43.6 Å². The zero-order valence-electron chi connectivity index (χ0n) is 17.1. The van der Waals surface area contributed by atoms with Gasteiger partial charge in [-0.3, -0.25) is 4.79 Å². The number of nitrogens with zero attached hydrogens (tertiary/aromatic N) is 3. The number of piperidine rings is 1. The minimum Gasteiger partial charge on any atom is -0.389 e. The van der Waals surface area contributed by atoms with E-state index < -0.39 is 11.4 Å². The molecular formula is C24H26FN3O2. The summed E-state index contributed by atoms with van der Waals surface area (Å²) < 4.78 is 13.9. The van der Waals surface area contributed by atoms with Crippen molar-refractivity contribution in [2.75, 3.05) is 13.1 Å². The van der Waals surface area contributed by atoms with Gasteiger partial charge in [-0.25, -0.2) is 14.4 Å². The quantitative estimate of drug-likeness (QED) is 0.724. The van der Waals surface area contributed by atoms with Crippen molar-refractivity contribution in [2.24, 2.45) is 0 Å². The number of amides is 1. The number of hydrogen-bond donors (Lipinski definition) is 1. The van der Waals surface area contributed by atoms with Crippen LogP contribution >= 0.6 is 0 Å². The minimum atomic E-state index is -0.850. The number of aliphatic hydroxyl groups is 1. The average molecular weight is 407 g/mol. The highest BCUT2D eigenvalue weighted by atomic mass is 19.1. The van der Waals surface area contributed by atoms with E-state index in [2.05, 4.69) is 16.5 Å². The Kier molecular flexibility index (Phi) is 6.90. The molecule has 2 heterocycles. The van der Waals surface area contributed by atoms with Gasteiger partial charge in [0, 0.05) is 24.8 Å². The first kappa shape index (κ1) is 21.6. The molecule has 0 bridgehead atoms. The van der Waals surface area contributed by atoms with E-state index in [1.807, 2.05) is 25.2 Å². The summed E-state index contributed by atoms with van der Waals surface area (Å²) in [7, 11) is 0. The van der Waals surface area contributed by atoms with Gasteiger partial charge in [-0.15, -0.1) is 0 Å².